The summed E-state index contributed by atoms with van der Waals surface area (Å²) in [5, 5.41) is 0. The van der Waals surface area contributed by atoms with Gasteiger partial charge in [0.2, 0.25) is 5.76 Å². The van der Waals surface area contributed by atoms with E-state index in [1.807, 2.05) is 30.3 Å². The van der Waals surface area contributed by atoms with Gasteiger partial charge in [-0.1, -0.05) is 53.8 Å². The first-order valence-corrected chi connectivity index (χ1v) is 12.4. The molecule has 37 heavy (non-hydrogen) atoms. The average molecular weight is 515 g/mol. The number of hydrogen-bond donors (Lipinski definition) is 0. The minimum atomic E-state index is -0.651. The lowest BCUT2D eigenvalue weighted by atomic mass is 9.96. The number of thiazole rings is 1. The van der Waals surface area contributed by atoms with Crippen molar-refractivity contribution >= 4 is 29.4 Å². The number of allylic oxidation sites excluding steroid dienone is 1. The first-order chi connectivity index (χ1) is 18.0. The van der Waals surface area contributed by atoms with Crippen molar-refractivity contribution in [1.82, 2.24) is 4.57 Å². The topological polar surface area (TPSA) is 100 Å². The summed E-state index contributed by atoms with van der Waals surface area (Å²) >= 11 is 1.24. The summed E-state index contributed by atoms with van der Waals surface area (Å²) < 4.78 is 17.7. The van der Waals surface area contributed by atoms with Crippen molar-refractivity contribution in [2.75, 3.05) is 6.61 Å². The average Bonchev–Trinajstić information content (AvgIpc) is 3.54. The summed E-state index contributed by atoms with van der Waals surface area (Å²) in [5.41, 5.74) is 2.12. The van der Waals surface area contributed by atoms with Gasteiger partial charge in [0, 0.05) is 0 Å². The Kier molecular flexibility index (Phi) is 6.70. The van der Waals surface area contributed by atoms with Gasteiger partial charge in [0.15, 0.2) is 4.80 Å². The molecule has 2 aromatic carbocycles. The van der Waals surface area contributed by atoms with Crippen LogP contribution < -0.4 is 19.6 Å². The molecule has 8 nitrogen and oxygen atoms in total. The standard InChI is InChI=1S/C28H22N2O6S/c1-3-34-27(33)23-17(2)29-28-30(24(23)19-8-5-4-6-9-19)25(31)22(37-28)16-18-11-13-20(14-12-18)36-26(32)21-10-7-15-35-21/h4-16,24H,3H2,1-2H3/t24-/m0/s1. The predicted octanol–water partition coefficient (Wildman–Crippen LogP) is 3.61. The normalized spacial score (nSPS) is 15.2. The van der Waals surface area contributed by atoms with E-state index in [0.29, 0.717) is 26.4 Å². The van der Waals surface area contributed by atoms with Crippen LogP contribution in [-0.4, -0.2) is 23.1 Å². The molecule has 2 aromatic heterocycles. The third-order valence-corrected chi connectivity index (χ3v) is 6.73. The van der Waals surface area contributed by atoms with E-state index in [-0.39, 0.29) is 17.9 Å². The van der Waals surface area contributed by atoms with Gasteiger partial charge in [-0.15, -0.1) is 0 Å². The highest BCUT2D eigenvalue weighted by Gasteiger charge is 2.33. The zero-order valence-electron chi connectivity index (χ0n) is 20.0. The van der Waals surface area contributed by atoms with Gasteiger partial charge in [-0.25, -0.2) is 14.6 Å². The molecule has 9 heteroatoms. The first-order valence-electron chi connectivity index (χ1n) is 11.6. The van der Waals surface area contributed by atoms with Crippen molar-refractivity contribution in [3.8, 4) is 5.75 Å². The van der Waals surface area contributed by atoms with Gasteiger partial charge in [0.05, 0.1) is 34.7 Å². The molecular weight excluding hydrogens is 492 g/mol. The highest BCUT2D eigenvalue weighted by Crippen LogP contribution is 2.30. The van der Waals surface area contributed by atoms with Gasteiger partial charge in [0.1, 0.15) is 5.75 Å². The lowest BCUT2D eigenvalue weighted by molar-refractivity contribution is -0.139. The van der Waals surface area contributed by atoms with Crippen LogP contribution in [0.4, 0.5) is 0 Å². The van der Waals surface area contributed by atoms with Crippen LogP contribution in [0, 0.1) is 0 Å². The number of rotatable bonds is 6. The fourth-order valence-electron chi connectivity index (χ4n) is 4.08. The van der Waals surface area contributed by atoms with Crippen molar-refractivity contribution in [2.24, 2.45) is 4.99 Å². The minimum absolute atomic E-state index is 0.107. The van der Waals surface area contributed by atoms with Crippen molar-refractivity contribution in [3.05, 3.63) is 121 Å². The fraction of sp³-hybridized carbons (Fsp3) is 0.143. The van der Waals surface area contributed by atoms with Crippen LogP contribution in [0.2, 0.25) is 0 Å². The van der Waals surface area contributed by atoms with Crippen LogP contribution in [0.15, 0.2) is 98.5 Å². The van der Waals surface area contributed by atoms with Gasteiger partial charge in [0.25, 0.3) is 5.56 Å². The van der Waals surface area contributed by atoms with E-state index < -0.39 is 18.0 Å². The van der Waals surface area contributed by atoms with Crippen LogP contribution >= 0.6 is 11.3 Å². The molecule has 0 bridgehead atoms. The number of esters is 2. The molecule has 186 valence electrons. The summed E-state index contributed by atoms with van der Waals surface area (Å²) in [7, 11) is 0. The Hall–Kier alpha value is -4.50. The van der Waals surface area contributed by atoms with Crippen LogP contribution in [0.1, 0.15) is 41.6 Å². The number of fused-ring (bicyclic) bond motifs is 1. The Morgan fingerprint density at radius 1 is 1.05 bits per heavy atom. The number of aromatic nitrogens is 1. The monoisotopic (exact) mass is 514 g/mol. The molecule has 0 saturated carbocycles. The number of nitrogens with zero attached hydrogens (tertiary/aromatic N) is 2. The Balaban J connectivity index is 1.52. The number of furan rings is 1. The molecule has 0 radical (unpaired) electrons. The second-order valence-corrected chi connectivity index (χ2v) is 9.16. The highest BCUT2D eigenvalue weighted by atomic mass is 32.1. The summed E-state index contributed by atoms with van der Waals surface area (Å²) in [6.07, 6.45) is 3.14. The van der Waals surface area contributed by atoms with Gasteiger partial charge < -0.3 is 13.9 Å². The molecule has 1 aliphatic rings. The van der Waals surface area contributed by atoms with Gasteiger partial charge in [-0.05, 0) is 55.3 Å². The molecule has 0 spiro atoms. The summed E-state index contributed by atoms with van der Waals surface area (Å²) in [5.74, 6) is -0.638. The number of ether oxygens (including phenoxy) is 2. The third kappa shape index (κ3) is 4.81. The number of carbonyl (C=O) groups excluding carboxylic acids is 2. The van der Waals surface area contributed by atoms with Gasteiger partial charge >= 0.3 is 11.9 Å². The number of carbonyl (C=O) groups is 2. The van der Waals surface area contributed by atoms with E-state index >= 15 is 0 Å². The molecule has 0 N–H and O–H groups in total. The van der Waals surface area contributed by atoms with E-state index in [1.165, 1.54) is 23.7 Å². The maximum Gasteiger partial charge on any atom is 0.379 e. The predicted molar refractivity (Wildman–Crippen MR) is 137 cm³/mol. The fourth-order valence-corrected chi connectivity index (χ4v) is 5.12. The Bertz CT molecular complexity index is 1660. The van der Waals surface area contributed by atoms with Crippen molar-refractivity contribution in [1.29, 1.82) is 0 Å². The van der Waals surface area contributed by atoms with Crippen molar-refractivity contribution in [3.63, 3.8) is 0 Å². The van der Waals surface area contributed by atoms with Crippen LogP contribution in [0.5, 0.6) is 5.75 Å². The number of hydrogen-bond acceptors (Lipinski definition) is 8. The van der Waals surface area contributed by atoms with E-state index in [1.54, 1.807) is 54.8 Å². The molecule has 0 saturated heterocycles. The lowest BCUT2D eigenvalue weighted by Crippen LogP contribution is -2.39. The molecule has 5 rings (SSSR count). The molecule has 0 amide bonds. The second-order valence-electron chi connectivity index (χ2n) is 8.15. The van der Waals surface area contributed by atoms with Crippen LogP contribution in [0.3, 0.4) is 0 Å². The molecule has 1 aliphatic heterocycles. The van der Waals surface area contributed by atoms with E-state index in [4.69, 9.17) is 13.9 Å². The summed E-state index contributed by atoms with van der Waals surface area (Å²) in [4.78, 5) is 43.7. The number of benzene rings is 2. The lowest BCUT2D eigenvalue weighted by Gasteiger charge is -2.24. The maximum atomic E-state index is 13.6. The molecule has 0 fully saturated rings. The molecule has 0 unspecified atom stereocenters. The Morgan fingerprint density at radius 3 is 2.49 bits per heavy atom. The molecule has 1 atom stereocenters. The van der Waals surface area contributed by atoms with Crippen LogP contribution in [-0.2, 0) is 9.53 Å². The van der Waals surface area contributed by atoms with Crippen LogP contribution in [0.25, 0.3) is 6.08 Å². The maximum absolute atomic E-state index is 13.6. The molecule has 3 heterocycles. The second kappa shape index (κ2) is 10.2. The summed E-state index contributed by atoms with van der Waals surface area (Å²) in [6, 6.07) is 18.6. The SMILES string of the molecule is CCOC(=O)C1=C(C)N=c2sc(=Cc3ccc(OC(=O)c4ccco4)cc3)c(=O)n2[C@H]1c1ccccc1. The Morgan fingerprint density at radius 2 is 1.81 bits per heavy atom. The van der Waals surface area contributed by atoms with Crippen molar-refractivity contribution in [2.45, 2.75) is 19.9 Å². The molecular formula is C28H22N2O6S. The zero-order chi connectivity index (χ0) is 25.9. The zero-order valence-corrected chi connectivity index (χ0v) is 20.9. The van der Waals surface area contributed by atoms with Crippen molar-refractivity contribution < 1.29 is 23.5 Å². The highest BCUT2D eigenvalue weighted by molar-refractivity contribution is 7.07. The molecule has 0 aliphatic carbocycles. The third-order valence-electron chi connectivity index (χ3n) is 5.74. The quantitative estimate of drug-likeness (QED) is 0.288. The molecule has 4 aromatic rings. The minimum Gasteiger partial charge on any atom is -0.463 e. The van der Waals surface area contributed by atoms with E-state index in [0.717, 1.165) is 11.1 Å². The van der Waals surface area contributed by atoms with Gasteiger partial charge in [-0.2, -0.15) is 0 Å². The summed E-state index contributed by atoms with van der Waals surface area (Å²) in [6.45, 7) is 3.71. The van der Waals surface area contributed by atoms with E-state index in [2.05, 4.69) is 4.99 Å². The van der Waals surface area contributed by atoms with E-state index in [9.17, 15) is 14.4 Å². The smallest absolute Gasteiger partial charge is 0.379 e. The largest absolute Gasteiger partial charge is 0.463 e. The first kappa shape index (κ1) is 24.2. The Labute approximate surface area is 215 Å². The van der Waals surface area contributed by atoms with Gasteiger partial charge in [-0.3, -0.25) is 9.36 Å².